The second-order valence-corrected chi connectivity index (χ2v) is 6.89. The molecule has 3 heterocycles. The summed E-state index contributed by atoms with van der Waals surface area (Å²) < 4.78 is 4.47. The number of carbonyl (C=O) groups is 1. The van der Waals surface area contributed by atoms with Crippen LogP contribution in [0.3, 0.4) is 0 Å². The molecule has 0 atom stereocenters. The van der Waals surface area contributed by atoms with Crippen molar-refractivity contribution in [1.29, 1.82) is 0 Å². The maximum Gasteiger partial charge on any atom is 0.166 e. The molecule has 0 unspecified atom stereocenters. The maximum atomic E-state index is 12.3. The van der Waals surface area contributed by atoms with E-state index in [2.05, 4.69) is 53.3 Å². The third-order valence-corrected chi connectivity index (χ3v) is 5.32. The summed E-state index contributed by atoms with van der Waals surface area (Å²) in [6.45, 7) is 4.95. The number of hydrogen-bond acceptors (Lipinski definition) is 2. The van der Waals surface area contributed by atoms with E-state index in [9.17, 15) is 4.79 Å². The molecule has 4 aromatic rings. The molecule has 0 aliphatic carbocycles. The van der Waals surface area contributed by atoms with Crippen LogP contribution < -0.4 is 0 Å². The van der Waals surface area contributed by atoms with Gasteiger partial charge in [-0.2, -0.15) is 0 Å². The van der Waals surface area contributed by atoms with Crippen molar-refractivity contribution in [2.45, 2.75) is 26.8 Å². The Bertz CT molecular complexity index is 1170. The molecule has 0 bridgehead atoms. The molecule has 4 nitrogen and oxygen atoms in total. The highest BCUT2D eigenvalue weighted by atomic mass is 16.1. The number of aromatic nitrogens is 3. The number of ketones is 1. The van der Waals surface area contributed by atoms with Gasteiger partial charge in [-0.25, -0.2) is 4.98 Å². The Kier molecular flexibility index (Phi) is 3.16. The molecule has 0 radical (unpaired) electrons. The highest BCUT2D eigenvalue weighted by Gasteiger charge is 2.25. The van der Waals surface area contributed by atoms with E-state index in [0.717, 1.165) is 33.7 Å². The summed E-state index contributed by atoms with van der Waals surface area (Å²) in [6.07, 6.45) is 0.535. The zero-order chi connectivity index (χ0) is 17.8. The zero-order valence-electron chi connectivity index (χ0n) is 14.9. The van der Waals surface area contributed by atoms with Crippen molar-refractivity contribution < 1.29 is 4.79 Å². The average molecular weight is 341 g/mol. The van der Waals surface area contributed by atoms with Gasteiger partial charge in [-0.3, -0.25) is 4.79 Å². The fraction of sp³-hybridized carbons (Fsp3) is 0.182. The molecule has 0 amide bonds. The summed E-state index contributed by atoms with van der Waals surface area (Å²) in [5.41, 5.74) is 7.29. The monoisotopic (exact) mass is 341 g/mol. The number of carbonyl (C=O) groups excluding carboxylic acids is 1. The Morgan fingerprint density at radius 1 is 0.962 bits per heavy atom. The molecule has 0 N–H and O–H groups in total. The molecule has 2 aromatic heterocycles. The Balaban J connectivity index is 1.77. The van der Waals surface area contributed by atoms with Crippen LogP contribution in [-0.4, -0.2) is 19.9 Å². The van der Waals surface area contributed by atoms with Crippen LogP contribution in [0.5, 0.6) is 0 Å². The van der Waals surface area contributed by atoms with Crippen LogP contribution in [0.25, 0.3) is 28.1 Å². The van der Waals surface area contributed by atoms with Gasteiger partial charge in [-0.1, -0.05) is 24.3 Å². The number of aryl methyl sites for hydroxylation is 2. The van der Waals surface area contributed by atoms with Crippen molar-refractivity contribution in [1.82, 2.24) is 14.1 Å². The second kappa shape index (κ2) is 5.43. The van der Waals surface area contributed by atoms with E-state index in [1.807, 2.05) is 24.3 Å². The van der Waals surface area contributed by atoms with E-state index in [1.54, 1.807) is 0 Å². The van der Waals surface area contributed by atoms with Crippen molar-refractivity contribution in [2.75, 3.05) is 0 Å². The summed E-state index contributed by atoms with van der Waals surface area (Å²) >= 11 is 0. The molecule has 4 heteroatoms. The molecule has 5 rings (SSSR count). The van der Waals surface area contributed by atoms with E-state index in [1.165, 1.54) is 11.4 Å². The van der Waals surface area contributed by atoms with Gasteiger partial charge in [0.15, 0.2) is 5.78 Å². The van der Waals surface area contributed by atoms with Gasteiger partial charge in [0.05, 0.1) is 11.0 Å². The average Bonchev–Trinajstić information content (AvgIpc) is 3.17. The lowest BCUT2D eigenvalue weighted by Crippen LogP contribution is -2.14. The fourth-order valence-corrected chi connectivity index (χ4v) is 4.15. The minimum Gasteiger partial charge on any atom is -0.323 e. The summed E-state index contributed by atoms with van der Waals surface area (Å²) in [6, 6.07) is 18.4. The molecule has 1 aliphatic rings. The van der Waals surface area contributed by atoms with Crippen molar-refractivity contribution in [3.63, 3.8) is 0 Å². The Labute approximate surface area is 151 Å². The normalized spacial score (nSPS) is 13.5. The van der Waals surface area contributed by atoms with Crippen molar-refractivity contribution in [2.24, 2.45) is 0 Å². The Morgan fingerprint density at radius 2 is 1.77 bits per heavy atom. The first-order valence-corrected chi connectivity index (χ1v) is 8.92. The summed E-state index contributed by atoms with van der Waals surface area (Å²) in [7, 11) is 0. The van der Waals surface area contributed by atoms with Gasteiger partial charge in [0.1, 0.15) is 5.82 Å². The van der Waals surface area contributed by atoms with Crippen LogP contribution in [0.1, 0.15) is 28.2 Å². The molecule has 1 aliphatic heterocycles. The second-order valence-electron chi connectivity index (χ2n) is 6.89. The first-order valence-electron chi connectivity index (χ1n) is 8.92. The lowest BCUT2D eigenvalue weighted by atomic mass is 10.0. The SMILES string of the molecule is Cc1cc(-c2nc3cccc4c3n2CCC4=O)c(C)n1-c1ccccc1. The predicted octanol–water partition coefficient (Wildman–Crippen LogP) is 4.70. The van der Waals surface area contributed by atoms with E-state index < -0.39 is 0 Å². The molecule has 0 saturated carbocycles. The number of hydrogen-bond donors (Lipinski definition) is 0. The van der Waals surface area contributed by atoms with Gasteiger partial charge in [0, 0.05) is 41.2 Å². The number of rotatable bonds is 2. The quantitative estimate of drug-likeness (QED) is 0.530. The van der Waals surface area contributed by atoms with Crippen LogP contribution in [0.2, 0.25) is 0 Å². The largest absolute Gasteiger partial charge is 0.323 e. The van der Waals surface area contributed by atoms with Gasteiger partial charge in [-0.05, 0) is 44.2 Å². The van der Waals surface area contributed by atoms with Crippen LogP contribution >= 0.6 is 0 Å². The first-order chi connectivity index (χ1) is 12.6. The highest BCUT2D eigenvalue weighted by Crippen LogP contribution is 2.34. The first kappa shape index (κ1) is 15.1. The Hall–Kier alpha value is -3.14. The zero-order valence-corrected chi connectivity index (χ0v) is 14.9. The number of para-hydroxylation sites is 2. The van der Waals surface area contributed by atoms with Crippen LogP contribution in [-0.2, 0) is 6.54 Å². The highest BCUT2D eigenvalue weighted by molar-refractivity contribution is 6.08. The van der Waals surface area contributed by atoms with Crippen molar-refractivity contribution in [3.8, 4) is 17.1 Å². The predicted molar refractivity (Wildman–Crippen MR) is 103 cm³/mol. The molecule has 0 fully saturated rings. The van der Waals surface area contributed by atoms with Crippen molar-refractivity contribution in [3.05, 3.63) is 71.5 Å². The number of imidazole rings is 1. The van der Waals surface area contributed by atoms with Gasteiger partial charge in [0.2, 0.25) is 0 Å². The molecule has 0 spiro atoms. The topological polar surface area (TPSA) is 39.8 Å². The number of Topliss-reactive ketones (excluding diaryl/α,β-unsaturated/α-hetero) is 1. The summed E-state index contributed by atoms with van der Waals surface area (Å²) in [5, 5.41) is 0. The van der Waals surface area contributed by atoms with Crippen molar-refractivity contribution >= 4 is 16.8 Å². The summed E-state index contributed by atoms with van der Waals surface area (Å²) in [4.78, 5) is 17.2. The number of nitrogens with zero attached hydrogens (tertiary/aromatic N) is 3. The van der Waals surface area contributed by atoms with E-state index >= 15 is 0 Å². The molecule has 0 saturated heterocycles. The maximum absolute atomic E-state index is 12.3. The van der Waals surface area contributed by atoms with E-state index in [0.29, 0.717) is 13.0 Å². The van der Waals surface area contributed by atoms with Crippen LogP contribution in [0.15, 0.2) is 54.6 Å². The van der Waals surface area contributed by atoms with E-state index in [-0.39, 0.29) is 5.78 Å². The third kappa shape index (κ3) is 2.02. The lowest BCUT2D eigenvalue weighted by molar-refractivity contribution is 0.0973. The fourth-order valence-electron chi connectivity index (χ4n) is 4.15. The molecule has 2 aromatic carbocycles. The third-order valence-electron chi connectivity index (χ3n) is 5.32. The standard InChI is InChI=1S/C22H19N3O/c1-14-13-18(15(2)25(14)16-7-4-3-5-8-16)22-23-19-10-6-9-17-20(26)11-12-24(22)21(17)19/h3-10,13H,11-12H2,1-2H3. The molecule has 128 valence electrons. The van der Waals surface area contributed by atoms with Gasteiger partial charge in [0.25, 0.3) is 0 Å². The van der Waals surface area contributed by atoms with E-state index in [4.69, 9.17) is 4.98 Å². The molecular weight excluding hydrogens is 322 g/mol. The van der Waals surface area contributed by atoms with Gasteiger partial charge < -0.3 is 9.13 Å². The number of benzene rings is 2. The minimum absolute atomic E-state index is 0.212. The molecular formula is C22H19N3O. The minimum atomic E-state index is 0.212. The Morgan fingerprint density at radius 3 is 2.58 bits per heavy atom. The lowest BCUT2D eigenvalue weighted by Gasteiger charge is -2.16. The molecule has 26 heavy (non-hydrogen) atoms. The van der Waals surface area contributed by atoms with Gasteiger partial charge in [-0.15, -0.1) is 0 Å². The van der Waals surface area contributed by atoms with Gasteiger partial charge >= 0.3 is 0 Å². The van der Waals surface area contributed by atoms with Crippen LogP contribution in [0.4, 0.5) is 0 Å². The smallest absolute Gasteiger partial charge is 0.166 e. The van der Waals surface area contributed by atoms with Crippen LogP contribution in [0, 0.1) is 13.8 Å². The summed E-state index contributed by atoms with van der Waals surface area (Å²) in [5.74, 6) is 1.17.